The second-order valence-electron chi connectivity index (χ2n) is 9.91. The zero-order valence-corrected chi connectivity index (χ0v) is 23.0. The van der Waals surface area contributed by atoms with Gasteiger partial charge in [0, 0.05) is 54.7 Å². The van der Waals surface area contributed by atoms with E-state index in [9.17, 15) is 39.0 Å². The van der Waals surface area contributed by atoms with Crippen LogP contribution in [0.2, 0.25) is 0 Å². The fourth-order valence-corrected chi connectivity index (χ4v) is 4.36. The van der Waals surface area contributed by atoms with E-state index in [1.807, 2.05) is 18.2 Å². The number of aromatic amines is 2. The number of nitrogens with one attached hydrogen (secondary N) is 5. The standard InChI is InChI=1S/C27H34N8O8/c28-17(10-15-12-30-13-32-15)24(39)35-21(9-14-11-31-18-4-2-1-3-16(14)18)26(41)33-19(6-8-23(37)38)25(40)34-20(27(42)43)5-7-22(29)36/h1-4,11-13,17,19-21,31H,5-10,28H2,(H2,29,36)(H,30,32)(H,33,41)(H,34,40)(H,35,39)(H,37,38)(H,42,43). The van der Waals surface area contributed by atoms with Crippen molar-refractivity contribution < 1.29 is 39.0 Å². The molecule has 43 heavy (non-hydrogen) atoms. The number of nitrogens with two attached hydrogens (primary N) is 2. The van der Waals surface area contributed by atoms with Crippen LogP contribution in [0.3, 0.4) is 0 Å². The second-order valence-corrected chi connectivity index (χ2v) is 9.91. The number of carbonyl (C=O) groups excluding carboxylic acids is 4. The number of amides is 4. The Balaban J connectivity index is 1.83. The summed E-state index contributed by atoms with van der Waals surface area (Å²) in [6, 6.07) is 1.95. The quantitative estimate of drug-likeness (QED) is 0.0883. The molecule has 0 saturated heterocycles. The molecule has 1 aromatic carbocycles. The maximum Gasteiger partial charge on any atom is 0.326 e. The molecule has 2 aromatic heterocycles. The molecule has 16 nitrogen and oxygen atoms in total. The van der Waals surface area contributed by atoms with E-state index in [-0.39, 0.29) is 32.1 Å². The number of hydrogen-bond acceptors (Lipinski definition) is 8. The molecular weight excluding hydrogens is 564 g/mol. The molecule has 2 heterocycles. The maximum absolute atomic E-state index is 13.6. The number of primary amides is 1. The van der Waals surface area contributed by atoms with Gasteiger partial charge in [-0.05, 0) is 24.5 Å². The number of hydrogen-bond donors (Lipinski definition) is 9. The van der Waals surface area contributed by atoms with Gasteiger partial charge >= 0.3 is 11.9 Å². The number of nitrogens with zero attached hydrogens (tertiary/aromatic N) is 1. The summed E-state index contributed by atoms with van der Waals surface area (Å²) in [5.41, 5.74) is 13.2. The third-order valence-corrected chi connectivity index (χ3v) is 6.64. The van der Waals surface area contributed by atoms with Crippen LogP contribution in [0, 0.1) is 0 Å². The first-order chi connectivity index (χ1) is 20.4. The van der Waals surface area contributed by atoms with E-state index in [0.717, 1.165) is 10.9 Å². The normalized spacial score (nSPS) is 13.8. The van der Waals surface area contributed by atoms with Crippen LogP contribution in [0.25, 0.3) is 10.9 Å². The Bertz CT molecular complexity index is 1450. The summed E-state index contributed by atoms with van der Waals surface area (Å²) >= 11 is 0. The van der Waals surface area contributed by atoms with Gasteiger partial charge in [-0.25, -0.2) is 9.78 Å². The monoisotopic (exact) mass is 598 g/mol. The lowest BCUT2D eigenvalue weighted by Crippen LogP contribution is -2.57. The topological polar surface area (TPSA) is 275 Å². The Kier molecular flexibility index (Phi) is 11.3. The van der Waals surface area contributed by atoms with Gasteiger partial charge in [0.15, 0.2) is 0 Å². The van der Waals surface area contributed by atoms with Gasteiger partial charge in [-0.2, -0.15) is 0 Å². The first-order valence-corrected chi connectivity index (χ1v) is 13.4. The van der Waals surface area contributed by atoms with Crippen LogP contribution in [0.5, 0.6) is 0 Å². The van der Waals surface area contributed by atoms with Crippen molar-refractivity contribution in [1.29, 1.82) is 0 Å². The molecule has 0 saturated carbocycles. The summed E-state index contributed by atoms with van der Waals surface area (Å²) in [5.74, 6) is -5.98. The molecule has 4 amide bonds. The fourth-order valence-electron chi connectivity index (χ4n) is 4.36. The number of para-hydroxylation sites is 1. The van der Waals surface area contributed by atoms with Crippen LogP contribution in [-0.2, 0) is 41.6 Å². The first kappa shape index (κ1) is 32.3. The highest BCUT2D eigenvalue weighted by Gasteiger charge is 2.31. The molecule has 0 bridgehead atoms. The first-order valence-electron chi connectivity index (χ1n) is 13.4. The average molecular weight is 599 g/mol. The number of carboxylic acid groups (broad SMARTS) is 2. The lowest BCUT2D eigenvalue weighted by Gasteiger charge is -2.25. The SMILES string of the molecule is NC(=O)CCC(NC(=O)C(CCC(=O)O)NC(=O)C(Cc1c[nH]c2ccccc12)NC(=O)C(N)Cc1cnc[nH]1)C(=O)O. The highest BCUT2D eigenvalue weighted by molar-refractivity contribution is 5.95. The smallest absolute Gasteiger partial charge is 0.326 e. The number of aromatic nitrogens is 3. The zero-order chi connectivity index (χ0) is 31.5. The van der Waals surface area contributed by atoms with E-state index in [1.165, 1.54) is 12.5 Å². The minimum Gasteiger partial charge on any atom is -0.481 e. The van der Waals surface area contributed by atoms with Crippen LogP contribution in [0.1, 0.15) is 36.9 Å². The van der Waals surface area contributed by atoms with Crippen molar-refractivity contribution in [1.82, 2.24) is 30.9 Å². The number of benzene rings is 1. The largest absolute Gasteiger partial charge is 0.481 e. The Morgan fingerprint density at radius 2 is 1.49 bits per heavy atom. The van der Waals surface area contributed by atoms with Gasteiger partial charge in [-0.15, -0.1) is 0 Å². The van der Waals surface area contributed by atoms with Crippen molar-refractivity contribution in [3.63, 3.8) is 0 Å². The van der Waals surface area contributed by atoms with Crippen LogP contribution in [-0.4, -0.2) is 84.9 Å². The summed E-state index contributed by atoms with van der Waals surface area (Å²) in [7, 11) is 0. The Labute approximate surface area is 245 Å². The zero-order valence-electron chi connectivity index (χ0n) is 23.0. The molecule has 230 valence electrons. The third-order valence-electron chi connectivity index (χ3n) is 6.64. The molecule has 0 fully saturated rings. The molecule has 0 radical (unpaired) electrons. The Hall–Kier alpha value is -5.25. The van der Waals surface area contributed by atoms with E-state index in [0.29, 0.717) is 11.3 Å². The summed E-state index contributed by atoms with van der Waals surface area (Å²) in [5, 5.41) is 26.7. The van der Waals surface area contributed by atoms with Gasteiger partial charge in [-0.1, -0.05) is 18.2 Å². The number of imidazole rings is 1. The average Bonchev–Trinajstić information content (AvgIpc) is 3.62. The molecule has 4 unspecified atom stereocenters. The van der Waals surface area contributed by atoms with Crippen LogP contribution in [0.15, 0.2) is 43.0 Å². The van der Waals surface area contributed by atoms with Gasteiger partial charge in [0.05, 0.1) is 12.4 Å². The minimum absolute atomic E-state index is 0.0258. The molecule has 3 aromatic rings. The van der Waals surface area contributed by atoms with Crippen molar-refractivity contribution in [2.75, 3.05) is 0 Å². The van der Waals surface area contributed by atoms with Gasteiger partial charge in [-0.3, -0.25) is 24.0 Å². The van der Waals surface area contributed by atoms with Crippen LogP contribution >= 0.6 is 0 Å². The lowest BCUT2D eigenvalue weighted by atomic mass is 10.0. The minimum atomic E-state index is -1.52. The van der Waals surface area contributed by atoms with Gasteiger partial charge in [0.1, 0.15) is 18.1 Å². The van der Waals surface area contributed by atoms with E-state index < -0.39 is 66.2 Å². The van der Waals surface area contributed by atoms with E-state index in [1.54, 1.807) is 12.3 Å². The molecule has 0 spiro atoms. The highest BCUT2D eigenvalue weighted by atomic mass is 16.4. The van der Waals surface area contributed by atoms with Gasteiger partial charge in [0.25, 0.3) is 0 Å². The van der Waals surface area contributed by atoms with Gasteiger partial charge < -0.3 is 47.6 Å². The van der Waals surface area contributed by atoms with Crippen LogP contribution in [0.4, 0.5) is 0 Å². The Morgan fingerprint density at radius 3 is 2.14 bits per heavy atom. The van der Waals surface area contributed by atoms with E-state index >= 15 is 0 Å². The predicted molar refractivity (Wildman–Crippen MR) is 151 cm³/mol. The van der Waals surface area contributed by atoms with Crippen molar-refractivity contribution in [2.24, 2.45) is 11.5 Å². The number of carbonyl (C=O) groups is 6. The number of rotatable bonds is 17. The summed E-state index contributed by atoms with van der Waals surface area (Å²) in [4.78, 5) is 83.5. The van der Waals surface area contributed by atoms with Gasteiger partial charge in [0.2, 0.25) is 23.6 Å². The number of carboxylic acids is 2. The lowest BCUT2D eigenvalue weighted by molar-refractivity contribution is -0.143. The van der Waals surface area contributed by atoms with Crippen molar-refractivity contribution in [2.45, 2.75) is 62.7 Å². The maximum atomic E-state index is 13.6. The molecule has 0 aliphatic carbocycles. The van der Waals surface area contributed by atoms with Crippen molar-refractivity contribution in [3.8, 4) is 0 Å². The molecule has 4 atom stereocenters. The second kappa shape index (κ2) is 15.1. The summed E-state index contributed by atoms with van der Waals surface area (Å²) < 4.78 is 0. The molecule has 3 rings (SSSR count). The number of H-pyrrole nitrogens is 2. The molecule has 0 aliphatic rings. The summed E-state index contributed by atoms with van der Waals surface area (Å²) in [6.45, 7) is 0. The van der Waals surface area contributed by atoms with Crippen LogP contribution < -0.4 is 27.4 Å². The molecule has 11 N–H and O–H groups in total. The molecular formula is C27H34N8O8. The predicted octanol–water partition coefficient (Wildman–Crippen LogP) is -1.33. The fraction of sp³-hybridized carbons (Fsp3) is 0.370. The third kappa shape index (κ3) is 9.67. The highest BCUT2D eigenvalue weighted by Crippen LogP contribution is 2.19. The Morgan fingerprint density at radius 1 is 0.837 bits per heavy atom. The molecule has 16 heteroatoms. The number of fused-ring (bicyclic) bond motifs is 1. The summed E-state index contributed by atoms with van der Waals surface area (Å²) in [6.07, 6.45) is 3.10. The van der Waals surface area contributed by atoms with Crippen molar-refractivity contribution in [3.05, 3.63) is 54.2 Å². The van der Waals surface area contributed by atoms with E-state index in [2.05, 4.69) is 30.9 Å². The number of aliphatic carboxylic acids is 2. The molecule has 0 aliphatic heterocycles. The van der Waals surface area contributed by atoms with E-state index in [4.69, 9.17) is 11.5 Å². The van der Waals surface area contributed by atoms with Crippen molar-refractivity contribution >= 4 is 46.5 Å².